The first-order valence-electron chi connectivity index (χ1n) is 7.93. The third-order valence-corrected chi connectivity index (χ3v) is 4.44. The molecule has 0 saturated carbocycles. The van der Waals surface area contributed by atoms with E-state index in [1.807, 2.05) is 0 Å². The zero-order valence-corrected chi connectivity index (χ0v) is 13.8. The minimum Gasteiger partial charge on any atom is -0.481 e. The van der Waals surface area contributed by atoms with Gasteiger partial charge < -0.3 is 10.0 Å². The van der Waals surface area contributed by atoms with Crippen LogP contribution in [0.3, 0.4) is 0 Å². The number of carbonyl (C=O) groups is 2. The van der Waals surface area contributed by atoms with Crippen molar-refractivity contribution in [2.45, 2.75) is 19.5 Å². The fourth-order valence-electron chi connectivity index (χ4n) is 3.08. The van der Waals surface area contributed by atoms with Gasteiger partial charge in [0.15, 0.2) is 5.69 Å². The lowest BCUT2D eigenvalue weighted by Gasteiger charge is -2.18. The number of aromatic nitrogens is 2. The third-order valence-electron chi connectivity index (χ3n) is 4.44. The molecule has 1 aromatic carbocycles. The van der Waals surface area contributed by atoms with Crippen LogP contribution in [0, 0.1) is 12.8 Å². The Balaban J connectivity index is 2.03. The Labute approximate surface area is 146 Å². The average molecular weight is 367 g/mol. The van der Waals surface area contributed by atoms with Crippen LogP contribution in [0.4, 0.5) is 13.2 Å². The lowest BCUT2D eigenvalue weighted by molar-refractivity contribution is -0.143. The lowest BCUT2D eigenvalue weighted by atomic mass is 10.1. The molecule has 1 saturated heterocycles. The number of carbonyl (C=O) groups excluding carboxylic acids is 1. The predicted octanol–water partition coefficient (Wildman–Crippen LogP) is 2.75. The van der Waals surface area contributed by atoms with Crippen LogP contribution in [0.5, 0.6) is 0 Å². The van der Waals surface area contributed by atoms with Gasteiger partial charge in [0.25, 0.3) is 5.91 Å². The second kappa shape index (κ2) is 6.47. The zero-order valence-electron chi connectivity index (χ0n) is 13.8. The predicted molar refractivity (Wildman–Crippen MR) is 84.9 cm³/mol. The SMILES string of the molecule is Cc1ccccc1-n1ncc(C(=O)N2CC[C@@H](C(=O)O)C2)c1C(F)(F)F. The quantitative estimate of drug-likeness (QED) is 0.905. The number of para-hydroxylation sites is 1. The summed E-state index contributed by atoms with van der Waals surface area (Å²) in [7, 11) is 0. The van der Waals surface area contributed by atoms with Gasteiger partial charge in [0, 0.05) is 13.1 Å². The molecule has 0 unspecified atom stereocenters. The van der Waals surface area contributed by atoms with Gasteiger partial charge in [0.05, 0.1) is 23.4 Å². The number of carboxylic acids is 1. The van der Waals surface area contributed by atoms with Gasteiger partial charge in [-0.05, 0) is 25.0 Å². The average Bonchev–Trinajstić information content (AvgIpc) is 3.21. The molecule has 1 fully saturated rings. The van der Waals surface area contributed by atoms with Crippen molar-refractivity contribution >= 4 is 11.9 Å². The van der Waals surface area contributed by atoms with Crippen LogP contribution in [-0.4, -0.2) is 44.8 Å². The molecule has 26 heavy (non-hydrogen) atoms. The number of benzene rings is 1. The normalized spacial score (nSPS) is 17.5. The van der Waals surface area contributed by atoms with Crippen molar-refractivity contribution in [1.82, 2.24) is 14.7 Å². The largest absolute Gasteiger partial charge is 0.481 e. The molecule has 1 aliphatic rings. The van der Waals surface area contributed by atoms with Gasteiger partial charge >= 0.3 is 12.1 Å². The second-order valence-corrected chi connectivity index (χ2v) is 6.18. The molecule has 9 heteroatoms. The zero-order chi connectivity index (χ0) is 19.1. The summed E-state index contributed by atoms with van der Waals surface area (Å²) in [6, 6.07) is 6.42. The highest BCUT2D eigenvalue weighted by Gasteiger charge is 2.42. The fourth-order valence-corrected chi connectivity index (χ4v) is 3.08. The second-order valence-electron chi connectivity index (χ2n) is 6.18. The molecule has 3 rings (SSSR count). The summed E-state index contributed by atoms with van der Waals surface area (Å²) in [6.45, 7) is 1.64. The number of alkyl halides is 3. The maximum atomic E-state index is 13.7. The fraction of sp³-hybridized carbons (Fsp3) is 0.353. The van der Waals surface area contributed by atoms with Crippen LogP contribution in [0.1, 0.15) is 28.0 Å². The number of nitrogens with zero attached hydrogens (tertiary/aromatic N) is 3. The first kappa shape index (κ1) is 18.0. The van der Waals surface area contributed by atoms with Crippen molar-refractivity contribution in [2.75, 3.05) is 13.1 Å². The summed E-state index contributed by atoms with van der Waals surface area (Å²) in [6.07, 6.45) is -3.68. The van der Waals surface area contributed by atoms with Crippen LogP contribution < -0.4 is 0 Å². The molecule has 1 amide bonds. The number of aryl methyl sites for hydroxylation is 1. The van der Waals surface area contributed by atoms with Gasteiger partial charge in [-0.15, -0.1) is 0 Å². The van der Waals surface area contributed by atoms with Gasteiger partial charge in [-0.3, -0.25) is 9.59 Å². The molecular formula is C17H16F3N3O3. The highest BCUT2D eigenvalue weighted by atomic mass is 19.4. The van der Waals surface area contributed by atoms with E-state index in [2.05, 4.69) is 5.10 Å². The first-order chi connectivity index (χ1) is 12.2. The number of rotatable bonds is 3. The molecule has 0 spiro atoms. The summed E-state index contributed by atoms with van der Waals surface area (Å²) in [5.74, 6) is -2.69. The molecule has 1 aromatic heterocycles. The van der Waals surface area contributed by atoms with Crippen molar-refractivity contribution in [3.8, 4) is 5.69 Å². The topological polar surface area (TPSA) is 75.4 Å². The van der Waals surface area contributed by atoms with E-state index >= 15 is 0 Å². The molecule has 1 N–H and O–H groups in total. The van der Waals surface area contributed by atoms with Crippen LogP contribution in [0.15, 0.2) is 30.5 Å². The van der Waals surface area contributed by atoms with Crippen LogP contribution in [-0.2, 0) is 11.0 Å². The Kier molecular flexibility index (Phi) is 4.47. The van der Waals surface area contributed by atoms with Gasteiger partial charge in [-0.2, -0.15) is 18.3 Å². The van der Waals surface area contributed by atoms with Crippen LogP contribution in [0.25, 0.3) is 5.69 Å². The number of halogens is 3. The smallest absolute Gasteiger partial charge is 0.434 e. The number of aliphatic carboxylic acids is 1. The Bertz CT molecular complexity index is 860. The molecule has 2 heterocycles. The van der Waals surface area contributed by atoms with E-state index in [0.717, 1.165) is 11.1 Å². The molecule has 2 aromatic rings. The van der Waals surface area contributed by atoms with Crippen molar-refractivity contribution in [2.24, 2.45) is 5.92 Å². The summed E-state index contributed by atoms with van der Waals surface area (Å²) in [5, 5.41) is 12.8. The number of likely N-dealkylation sites (tertiary alicyclic amines) is 1. The van der Waals surface area contributed by atoms with Crippen molar-refractivity contribution in [3.63, 3.8) is 0 Å². The Morgan fingerprint density at radius 3 is 2.54 bits per heavy atom. The van der Waals surface area contributed by atoms with E-state index in [4.69, 9.17) is 5.11 Å². The summed E-state index contributed by atoms with van der Waals surface area (Å²) < 4.78 is 41.8. The summed E-state index contributed by atoms with van der Waals surface area (Å²) in [5.41, 5.74) is -0.932. The monoisotopic (exact) mass is 367 g/mol. The molecular weight excluding hydrogens is 351 g/mol. The minimum absolute atomic E-state index is 0.0998. The Morgan fingerprint density at radius 2 is 1.96 bits per heavy atom. The third kappa shape index (κ3) is 3.16. The molecule has 1 atom stereocenters. The first-order valence-corrected chi connectivity index (χ1v) is 7.93. The van der Waals surface area contributed by atoms with Gasteiger partial charge in [0.2, 0.25) is 0 Å². The highest BCUT2D eigenvalue weighted by molar-refractivity contribution is 5.96. The van der Waals surface area contributed by atoms with Crippen molar-refractivity contribution in [3.05, 3.63) is 47.3 Å². The van der Waals surface area contributed by atoms with Gasteiger partial charge in [0.1, 0.15) is 0 Å². The number of hydrogen-bond acceptors (Lipinski definition) is 3. The molecule has 0 radical (unpaired) electrons. The van der Waals surface area contributed by atoms with E-state index in [-0.39, 0.29) is 25.2 Å². The number of amides is 1. The molecule has 0 aliphatic carbocycles. The van der Waals surface area contributed by atoms with Crippen molar-refractivity contribution < 1.29 is 27.9 Å². The van der Waals surface area contributed by atoms with Crippen molar-refractivity contribution in [1.29, 1.82) is 0 Å². The molecule has 6 nitrogen and oxygen atoms in total. The molecule has 0 bridgehead atoms. The number of hydrogen-bond donors (Lipinski definition) is 1. The maximum absolute atomic E-state index is 13.7. The van der Waals surface area contributed by atoms with Crippen LogP contribution >= 0.6 is 0 Å². The van der Waals surface area contributed by atoms with Gasteiger partial charge in [-0.25, -0.2) is 4.68 Å². The molecule has 1 aliphatic heterocycles. The summed E-state index contributed by atoms with van der Waals surface area (Å²) in [4.78, 5) is 24.7. The van der Waals surface area contributed by atoms with E-state index in [1.54, 1.807) is 25.1 Å². The van der Waals surface area contributed by atoms with Gasteiger partial charge in [-0.1, -0.05) is 18.2 Å². The van der Waals surface area contributed by atoms with E-state index in [9.17, 15) is 22.8 Å². The highest BCUT2D eigenvalue weighted by Crippen LogP contribution is 2.35. The van der Waals surface area contributed by atoms with E-state index in [1.165, 1.54) is 6.07 Å². The number of carboxylic acid groups (broad SMARTS) is 1. The minimum atomic E-state index is -4.80. The van der Waals surface area contributed by atoms with Crippen LogP contribution in [0.2, 0.25) is 0 Å². The standard InChI is InChI=1S/C17H16F3N3O3/c1-10-4-2-3-5-13(10)23-14(17(18,19)20)12(8-21-23)15(24)22-7-6-11(9-22)16(25)26/h2-5,8,11H,6-7,9H2,1H3,(H,25,26)/t11-/m1/s1. The maximum Gasteiger partial charge on any atom is 0.434 e. The summed E-state index contributed by atoms with van der Waals surface area (Å²) >= 11 is 0. The van der Waals surface area contributed by atoms with E-state index < -0.39 is 35.2 Å². The molecule has 138 valence electrons. The lowest BCUT2D eigenvalue weighted by Crippen LogP contribution is -2.31. The van der Waals surface area contributed by atoms with E-state index in [0.29, 0.717) is 10.2 Å². The Hall–Kier alpha value is -2.84. The Morgan fingerprint density at radius 1 is 1.27 bits per heavy atom.